The first-order valence-electron chi connectivity index (χ1n) is 5.89. The maximum absolute atomic E-state index is 12.3. The number of carbonyl (C=O) groups excluding carboxylic acids is 1. The van der Waals surface area contributed by atoms with E-state index in [1.807, 2.05) is 6.07 Å². The van der Waals surface area contributed by atoms with Crippen LogP contribution >= 0.6 is 0 Å². The van der Waals surface area contributed by atoms with E-state index in [0.717, 1.165) is 6.07 Å². The van der Waals surface area contributed by atoms with Gasteiger partial charge < -0.3 is 9.15 Å². The van der Waals surface area contributed by atoms with Gasteiger partial charge in [0.25, 0.3) is 0 Å². The fourth-order valence-corrected chi connectivity index (χ4v) is 1.87. The number of rotatable bonds is 5. The highest BCUT2D eigenvalue weighted by atomic mass is 16.6. The number of methoxy groups -OCH3 is 1. The van der Waals surface area contributed by atoms with Crippen molar-refractivity contribution in [3.8, 4) is 11.8 Å². The number of Topliss-reactive ketones (excluding diaryl/α,β-unsaturated/α-hetero) is 1. The van der Waals surface area contributed by atoms with E-state index in [1.54, 1.807) is 24.3 Å². The molecule has 0 bridgehead atoms. The summed E-state index contributed by atoms with van der Waals surface area (Å²) in [7, 11) is 1.43. The molecule has 1 heterocycles. The van der Waals surface area contributed by atoms with Gasteiger partial charge in [0.15, 0.2) is 5.76 Å². The number of nitriles is 1. The minimum absolute atomic E-state index is 0.237. The van der Waals surface area contributed by atoms with Crippen LogP contribution in [-0.4, -0.2) is 17.8 Å². The van der Waals surface area contributed by atoms with Crippen LogP contribution in [0.25, 0.3) is 0 Å². The molecular formula is C14H10N2O5. The average Bonchev–Trinajstić information content (AvgIpc) is 2.98. The molecule has 0 aliphatic carbocycles. The summed E-state index contributed by atoms with van der Waals surface area (Å²) in [6.07, 6.45) is 0. The van der Waals surface area contributed by atoms with Gasteiger partial charge in [-0.1, -0.05) is 18.2 Å². The molecule has 0 amide bonds. The Hall–Kier alpha value is -3.14. The van der Waals surface area contributed by atoms with Crippen LogP contribution in [0.5, 0.6) is 5.75 Å². The SMILES string of the molecule is COc1ccccc1C(C#N)C(=O)c1ccc([N+](=O)[O-])o1. The van der Waals surface area contributed by atoms with E-state index in [9.17, 15) is 20.2 Å². The standard InChI is InChI=1S/C14H10N2O5/c1-20-11-5-3-2-4-9(11)10(8-15)14(17)12-6-7-13(21-12)16(18)19/h2-7,10H,1H3. The number of hydrogen-bond acceptors (Lipinski definition) is 6. The van der Waals surface area contributed by atoms with E-state index >= 15 is 0 Å². The molecule has 0 N–H and O–H groups in total. The van der Waals surface area contributed by atoms with E-state index in [0.29, 0.717) is 11.3 Å². The molecule has 0 spiro atoms. The van der Waals surface area contributed by atoms with Gasteiger partial charge in [0.2, 0.25) is 5.78 Å². The third-order valence-corrected chi connectivity index (χ3v) is 2.86. The van der Waals surface area contributed by atoms with Crippen molar-refractivity contribution in [1.82, 2.24) is 0 Å². The Morgan fingerprint density at radius 3 is 2.67 bits per heavy atom. The van der Waals surface area contributed by atoms with Crippen LogP contribution in [0.1, 0.15) is 22.0 Å². The maximum Gasteiger partial charge on any atom is 0.433 e. The largest absolute Gasteiger partial charge is 0.496 e. The molecule has 7 nitrogen and oxygen atoms in total. The van der Waals surface area contributed by atoms with E-state index < -0.39 is 22.5 Å². The predicted molar refractivity (Wildman–Crippen MR) is 71.0 cm³/mol. The lowest BCUT2D eigenvalue weighted by atomic mass is 9.94. The Bertz CT molecular complexity index is 729. The summed E-state index contributed by atoms with van der Waals surface area (Å²) in [6, 6.07) is 10.7. The summed E-state index contributed by atoms with van der Waals surface area (Å²) in [5.74, 6) is -2.21. The van der Waals surface area contributed by atoms with Gasteiger partial charge >= 0.3 is 5.88 Å². The Morgan fingerprint density at radius 2 is 2.10 bits per heavy atom. The maximum atomic E-state index is 12.3. The van der Waals surface area contributed by atoms with Crippen molar-refractivity contribution in [2.75, 3.05) is 7.11 Å². The zero-order valence-corrected chi connectivity index (χ0v) is 11.0. The van der Waals surface area contributed by atoms with Crippen molar-refractivity contribution in [2.45, 2.75) is 5.92 Å². The molecule has 106 valence electrons. The molecule has 0 fully saturated rings. The smallest absolute Gasteiger partial charge is 0.433 e. The van der Waals surface area contributed by atoms with Gasteiger partial charge in [-0.25, -0.2) is 0 Å². The fraction of sp³-hybridized carbons (Fsp3) is 0.143. The van der Waals surface area contributed by atoms with Crippen LogP contribution in [0, 0.1) is 21.4 Å². The van der Waals surface area contributed by atoms with Gasteiger partial charge in [-0.3, -0.25) is 14.9 Å². The normalized spacial score (nSPS) is 11.4. The summed E-state index contributed by atoms with van der Waals surface area (Å²) in [5.41, 5.74) is 0.381. The number of furan rings is 1. The Balaban J connectivity index is 2.39. The lowest BCUT2D eigenvalue weighted by Gasteiger charge is -2.11. The highest BCUT2D eigenvalue weighted by Crippen LogP contribution is 2.30. The van der Waals surface area contributed by atoms with Crippen molar-refractivity contribution < 1.29 is 18.9 Å². The highest BCUT2D eigenvalue weighted by Gasteiger charge is 2.28. The number of hydrogen-bond donors (Lipinski definition) is 0. The van der Waals surface area contributed by atoms with Crippen LogP contribution in [0.3, 0.4) is 0 Å². The van der Waals surface area contributed by atoms with Crippen LogP contribution in [0.4, 0.5) is 5.88 Å². The van der Waals surface area contributed by atoms with E-state index in [4.69, 9.17) is 9.15 Å². The topological polar surface area (TPSA) is 106 Å². The van der Waals surface area contributed by atoms with Crippen molar-refractivity contribution in [1.29, 1.82) is 5.26 Å². The molecule has 1 aromatic carbocycles. The number of ether oxygens (including phenoxy) is 1. The van der Waals surface area contributed by atoms with Gasteiger partial charge in [-0.05, 0) is 12.1 Å². The number of para-hydroxylation sites is 1. The second-order valence-electron chi connectivity index (χ2n) is 4.06. The fourth-order valence-electron chi connectivity index (χ4n) is 1.87. The molecule has 7 heteroatoms. The first kappa shape index (κ1) is 14.3. The van der Waals surface area contributed by atoms with E-state index in [1.165, 1.54) is 13.2 Å². The summed E-state index contributed by atoms with van der Waals surface area (Å²) in [6.45, 7) is 0. The molecule has 0 radical (unpaired) electrons. The molecule has 2 aromatic rings. The predicted octanol–water partition coefficient (Wildman–Crippen LogP) is 2.69. The second-order valence-corrected chi connectivity index (χ2v) is 4.06. The zero-order chi connectivity index (χ0) is 15.4. The highest BCUT2D eigenvalue weighted by molar-refractivity contribution is 6.01. The Morgan fingerprint density at radius 1 is 1.38 bits per heavy atom. The first-order chi connectivity index (χ1) is 10.1. The molecule has 1 aromatic heterocycles. The number of ketones is 1. The average molecular weight is 286 g/mol. The monoisotopic (exact) mass is 286 g/mol. The van der Waals surface area contributed by atoms with Crippen molar-refractivity contribution >= 4 is 11.7 Å². The quantitative estimate of drug-likeness (QED) is 0.475. The Labute approximate surface area is 119 Å². The van der Waals surface area contributed by atoms with Crippen LogP contribution < -0.4 is 4.74 Å². The number of benzene rings is 1. The lowest BCUT2D eigenvalue weighted by molar-refractivity contribution is -0.402. The molecule has 1 atom stereocenters. The van der Waals surface area contributed by atoms with Crippen LogP contribution in [0.15, 0.2) is 40.8 Å². The van der Waals surface area contributed by atoms with Gasteiger partial charge in [0.05, 0.1) is 19.2 Å². The summed E-state index contributed by atoms with van der Waals surface area (Å²) in [5, 5.41) is 19.8. The van der Waals surface area contributed by atoms with E-state index in [2.05, 4.69) is 0 Å². The number of carbonyl (C=O) groups is 1. The van der Waals surface area contributed by atoms with Gasteiger partial charge in [0, 0.05) is 5.56 Å². The minimum atomic E-state index is -1.16. The van der Waals surface area contributed by atoms with Crippen molar-refractivity contribution in [3.05, 3.63) is 57.8 Å². The van der Waals surface area contributed by atoms with Crippen molar-refractivity contribution in [2.24, 2.45) is 0 Å². The summed E-state index contributed by atoms with van der Waals surface area (Å²) >= 11 is 0. The zero-order valence-electron chi connectivity index (χ0n) is 11.0. The van der Waals surface area contributed by atoms with E-state index in [-0.39, 0.29) is 5.76 Å². The minimum Gasteiger partial charge on any atom is -0.496 e. The molecule has 0 aliphatic rings. The van der Waals surface area contributed by atoms with Crippen molar-refractivity contribution in [3.63, 3.8) is 0 Å². The third kappa shape index (κ3) is 2.74. The first-order valence-corrected chi connectivity index (χ1v) is 5.89. The molecule has 2 rings (SSSR count). The van der Waals surface area contributed by atoms with Gasteiger partial charge in [-0.15, -0.1) is 0 Å². The lowest BCUT2D eigenvalue weighted by Crippen LogP contribution is -2.11. The number of nitro groups is 1. The molecule has 21 heavy (non-hydrogen) atoms. The van der Waals surface area contributed by atoms with Crippen LogP contribution in [-0.2, 0) is 0 Å². The number of nitrogens with zero attached hydrogens (tertiary/aromatic N) is 2. The van der Waals surface area contributed by atoms with Crippen LogP contribution in [0.2, 0.25) is 0 Å². The van der Waals surface area contributed by atoms with Gasteiger partial charge in [0.1, 0.15) is 16.6 Å². The second kappa shape index (κ2) is 5.88. The third-order valence-electron chi connectivity index (χ3n) is 2.86. The summed E-state index contributed by atoms with van der Waals surface area (Å²) in [4.78, 5) is 22.1. The molecular weight excluding hydrogens is 276 g/mol. The molecule has 1 unspecified atom stereocenters. The summed E-state index contributed by atoms with van der Waals surface area (Å²) < 4.78 is 9.96. The van der Waals surface area contributed by atoms with Gasteiger partial charge in [-0.2, -0.15) is 5.26 Å². The Kier molecular flexibility index (Phi) is 4.00. The molecule has 0 saturated carbocycles. The molecule has 0 aliphatic heterocycles. The molecule has 0 saturated heterocycles.